The first kappa shape index (κ1) is 19.1. The predicted molar refractivity (Wildman–Crippen MR) is 85.7 cm³/mol. The zero-order chi connectivity index (χ0) is 14.4. The third-order valence-corrected chi connectivity index (χ3v) is 7.35. The molecule has 19 heavy (non-hydrogen) atoms. The van der Waals surface area contributed by atoms with Gasteiger partial charge in [-0.2, -0.15) is 0 Å². The van der Waals surface area contributed by atoms with Crippen molar-refractivity contribution in [2.45, 2.75) is 77.8 Å². The van der Waals surface area contributed by atoms with Gasteiger partial charge >= 0.3 is 8.56 Å². The minimum Gasteiger partial charge on any atom is -0.394 e. The van der Waals surface area contributed by atoms with Crippen molar-refractivity contribution in [3.05, 3.63) is 0 Å². The normalized spacial score (nSPS) is 12.0. The molecule has 0 unspecified atom stereocenters. The maximum absolute atomic E-state index is 6.06. The van der Waals surface area contributed by atoms with Gasteiger partial charge in [0.05, 0.1) is 0 Å². The molecule has 0 aliphatic heterocycles. The number of unbranched alkanes of at least 4 members (excludes halogenated alkanes) is 5. The van der Waals surface area contributed by atoms with Crippen LogP contribution in [0.4, 0.5) is 0 Å². The number of hydrogen-bond donors (Lipinski definition) is 1. The summed E-state index contributed by atoms with van der Waals surface area (Å²) in [6.07, 6.45) is 9.00. The SMILES string of the molecule is CCCCCCCC[Si](CCCN)(OCC)OCC. The first-order chi connectivity index (χ1) is 9.24. The van der Waals surface area contributed by atoms with Gasteiger partial charge in [0.1, 0.15) is 0 Å². The fraction of sp³-hybridized carbons (Fsp3) is 1.00. The minimum atomic E-state index is -1.96. The van der Waals surface area contributed by atoms with E-state index in [1.54, 1.807) is 0 Å². The van der Waals surface area contributed by atoms with Gasteiger partial charge < -0.3 is 14.6 Å². The molecule has 0 aromatic heterocycles. The lowest BCUT2D eigenvalue weighted by atomic mass is 10.1. The molecule has 0 rings (SSSR count). The van der Waals surface area contributed by atoms with Gasteiger partial charge in [0, 0.05) is 13.2 Å². The van der Waals surface area contributed by atoms with Gasteiger partial charge in [0.25, 0.3) is 0 Å². The zero-order valence-electron chi connectivity index (χ0n) is 13.4. The van der Waals surface area contributed by atoms with Crippen molar-refractivity contribution in [1.82, 2.24) is 0 Å². The van der Waals surface area contributed by atoms with Gasteiger partial charge in [0.2, 0.25) is 0 Å². The summed E-state index contributed by atoms with van der Waals surface area (Å²) in [7, 11) is -1.96. The van der Waals surface area contributed by atoms with E-state index in [0.29, 0.717) is 0 Å². The van der Waals surface area contributed by atoms with Crippen LogP contribution in [-0.2, 0) is 8.85 Å². The monoisotopic (exact) mass is 289 g/mol. The third-order valence-electron chi connectivity index (χ3n) is 3.49. The standard InChI is InChI=1S/C15H35NO2Si/c1-4-7-8-9-10-11-14-19(17-5-2,18-6-3)15-12-13-16/h4-16H2,1-3H3. The molecule has 0 aliphatic rings. The molecular weight excluding hydrogens is 254 g/mol. The Morgan fingerprint density at radius 1 is 0.737 bits per heavy atom. The largest absolute Gasteiger partial charge is 0.394 e. The van der Waals surface area contributed by atoms with Crippen LogP contribution >= 0.6 is 0 Å². The summed E-state index contributed by atoms with van der Waals surface area (Å²) in [5, 5.41) is 0. The van der Waals surface area contributed by atoms with E-state index in [1.807, 2.05) is 0 Å². The van der Waals surface area contributed by atoms with Crippen molar-refractivity contribution >= 4 is 8.56 Å². The zero-order valence-corrected chi connectivity index (χ0v) is 14.4. The van der Waals surface area contributed by atoms with Crippen LogP contribution in [0, 0.1) is 0 Å². The van der Waals surface area contributed by atoms with E-state index in [-0.39, 0.29) is 0 Å². The Bertz CT molecular complexity index is 185. The average Bonchev–Trinajstić information content (AvgIpc) is 2.41. The summed E-state index contributed by atoms with van der Waals surface area (Å²) in [6, 6.07) is 2.20. The number of hydrogen-bond acceptors (Lipinski definition) is 3. The summed E-state index contributed by atoms with van der Waals surface area (Å²) in [6.45, 7) is 8.69. The highest BCUT2D eigenvalue weighted by atomic mass is 28.4. The molecule has 0 amide bonds. The van der Waals surface area contributed by atoms with Gasteiger partial charge in [-0.1, -0.05) is 45.4 Å². The second-order valence-electron chi connectivity index (χ2n) is 5.19. The summed E-state index contributed by atoms with van der Waals surface area (Å²) in [5.41, 5.74) is 5.65. The van der Waals surface area contributed by atoms with Crippen LogP contribution in [0.3, 0.4) is 0 Å². The smallest absolute Gasteiger partial charge is 0.338 e. The Balaban J connectivity index is 4.06. The molecule has 4 heteroatoms. The first-order valence-electron chi connectivity index (χ1n) is 8.22. The number of nitrogens with two attached hydrogens (primary N) is 1. The Morgan fingerprint density at radius 3 is 1.79 bits per heavy atom. The molecule has 0 saturated carbocycles. The van der Waals surface area contributed by atoms with Crippen molar-refractivity contribution in [3.8, 4) is 0 Å². The average molecular weight is 290 g/mol. The third kappa shape index (κ3) is 9.60. The molecule has 116 valence electrons. The van der Waals surface area contributed by atoms with Crippen molar-refractivity contribution < 1.29 is 8.85 Å². The van der Waals surface area contributed by atoms with Gasteiger partial charge in [0.15, 0.2) is 0 Å². The van der Waals surface area contributed by atoms with Crippen molar-refractivity contribution in [3.63, 3.8) is 0 Å². The molecule has 0 fully saturated rings. The molecule has 3 nitrogen and oxygen atoms in total. The Hall–Kier alpha value is 0.0969. The van der Waals surface area contributed by atoms with Crippen LogP contribution in [0.2, 0.25) is 12.1 Å². The number of rotatable bonds is 14. The van der Waals surface area contributed by atoms with Gasteiger partial charge in [-0.3, -0.25) is 0 Å². The van der Waals surface area contributed by atoms with E-state index in [2.05, 4.69) is 20.8 Å². The van der Waals surface area contributed by atoms with Crippen molar-refractivity contribution in [2.75, 3.05) is 19.8 Å². The van der Waals surface area contributed by atoms with Gasteiger partial charge in [-0.15, -0.1) is 0 Å². The molecule has 0 atom stereocenters. The maximum atomic E-state index is 6.06. The highest BCUT2D eigenvalue weighted by Crippen LogP contribution is 2.24. The maximum Gasteiger partial charge on any atom is 0.338 e. The van der Waals surface area contributed by atoms with E-state index in [1.165, 1.54) is 38.5 Å². The van der Waals surface area contributed by atoms with Crippen LogP contribution in [0.25, 0.3) is 0 Å². The van der Waals surface area contributed by atoms with Crippen LogP contribution in [-0.4, -0.2) is 28.3 Å². The predicted octanol–water partition coefficient (Wildman–Crippen LogP) is 4.21. The molecule has 0 heterocycles. The lowest BCUT2D eigenvalue weighted by molar-refractivity contribution is 0.180. The first-order valence-corrected chi connectivity index (χ1v) is 10.5. The van der Waals surface area contributed by atoms with E-state index >= 15 is 0 Å². The van der Waals surface area contributed by atoms with Gasteiger partial charge in [-0.05, 0) is 38.9 Å². The van der Waals surface area contributed by atoms with Gasteiger partial charge in [-0.25, -0.2) is 0 Å². The second-order valence-corrected chi connectivity index (χ2v) is 8.59. The molecular formula is C15H35NO2Si. The van der Waals surface area contributed by atoms with Crippen LogP contribution in [0.5, 0.6) is 0 Å². The molecule has 0 bridgehead atoms. The van der Waals surface area contributed by atoms with Crippen molar-refractivity contribution in [2.24, 2.45) is 5.73 Å². The van der Waals surface area contributed by atoms with Crippen LogP contribution in [0.1, 0.15) is 65.7 Å². The van der Waals surface area contributed by atoms with E-state index in [4.69, 9.17) is 14.6 Å². The summed E-state index contributed by atoms with van der Waals surface area (Å²) in [4.78, 5) is 0. The quantitative estimate of drug-likeness (QED) is 0.385. The fourth-order valence-corrected chi connectivity index (χ4v) is 6.02. The molecule has 0 aromatic carbocycles. The Morgan fingerprint density at radius 2 is 1.26 bits per heavy atom. The molecule has 0 aliphatic carbocycles. The fourth-order valence-electron chi connectivity index (χ4n) is 2.53. The van der Waals surface area contributed by atoms with E-state index < -0.39 is 8.56 Å². The van der Waals surface area contributed by atoms with Crippen LogP contribution in [0.15, 0.2) is 0 Å². The molecule has 0 spiro atoms. The molecule has 2 N–H and O–H groups in total. The summed E-state index contributed by atoms with van der Waals surface area (Å²) >= 11 is 0. The molecule has 0 radical (unpaired) electrons. The topological polar surface area (TPSA) is 44.5 Å². The van der Waals surface area contributed by atoms with Crippen molar-refractivity contribution in [1.29, 1.82) is 0 Å². The lowest BCUT2D eigenvalue weighted by Crippen LogP contribution is -2.42. The molecule has 0 aromatic rings. The highest BCUT2D eigenvalue weighted by Gasteiger charge is 2.35. The lowest BCUT2D eigenvalue weighted by Gasteiger charge is -2.30. The highest BCUT2D eigenvalue weighted by molar-refractivity contribution is 6.67. The van der Waals surface area contributed by atoms with E-state index in [9.17, 15) is 0 Å². The molecule has 0 saturated heterocycles. The van der Waals surface area contributed by atoms with E-state index in [0.717, 1.165) is 38.3 Å². The van der Waals surface area contributed by atoms with Crippen LogP contribution < -0.4 is 5.73 Å². The Labute approximate surface area is 121 Å². The second kappa shape index (κ2) is 13.1. The Kier molecular flexibility index (Phi) is 13.2. The summed E-state index contributed by atoms with van der Waals surface area (Å²) in [5.74, 6) is 0. The minimum absolute atomic E-state index is 0.741. The summed E-state index contributed by atoms with van der Waals surface area (Å²) < 4.78 is 12.1.